The van der Waals surface area contributed by atoms with Gasteiger partial charge in [0.2, 0.25) is 5.91 Å². The van der Waals surface area contributed by atoms with Gasteiger partial charge in [0, 0.05) is 16.9 Å². The van der Waals surface area contributed by atoms with Gasteiger partial charge < -0.3 is 5.32 Å². The van der Waals surface area contributed by atoms with Crippen LogP contribution in [0.2, 0.25) is 0 Å². The third-order valence-electron chi connectivity index (χ3n) is 5.28. The van der Waals surface area contributed by atoms with E-state index in [0.29, 0.717) is 28.5 Å². The Bertz CT molecular complexity index is 1370. The summed E-state index contributed by atoms with van der Waals surface area (Å²) in [6, 6.07) is 8.81. The molecule has 2 aromatic carbocycles. The van der Waals surface area contributed by atoms with Crippen LogP contribution < -0.4 is 5.32 Å². The highest BCUT2D eigenvalue weighted by atomic mass is 19.4. The number of carbonyl (C=O) groups is 1. The molecule has 0 fully saturated rings. The van der Waals surface area contributed by atoms with Crippen molar-refractivity contribution in [2.24, 2.45) is 0 Å². The Morgan fingerprint density at radius 3 is 2.50 bits per heavy atom. The largest absolute Gasteiger partial charge is 0.416 e. The lowest BCUT2D eigenvalue weighted by Crippen LogP contribution is -2.16. The first kappa shape index (κ1) is 23.1. The number of anilines is 1. The minimum atomic E-state index is -4.48. The Morgan fingerprint density at radius 2 is 1.82 bits per heavy atom. The first-order valence-electron chi connectivity index (χ1n) is 10.1. The highest BCUT2D eigenvalue weighted by Gasteiger charge is 2.31. The number of nitrogens with one attached hydrogen (secondary N) is 1. The Hall–Kier alpha value is -4.09. The molecular weight excluding hydrogens is 454 g/mol. The molecule has 1 amide bonds. The molecule has 0 spiro atoms. The molecule has 12 heteroatoms. The number of carbonyl (C=O) groups excluding carboxylic acids is 1. The number of aryl methyl sites for hydroxylation is 2. The highest BCUT2D eigenvalue weighted by Crippen LogP contribution is 2.31. The van der Waals surface area contributed by atoms with Gasteiger partial charge in [0.15, 0.2) is 5.82 Å². The molecule has 34 heavy (non-hydrogen) atoms. The van der Waals surface area contributed by atoms with E-state index in [1.807, 2.05) is 0 Å². The van der Waals surface area contributed by atoms with Crippen molar-refractivity contribution in [3.63, 3.8) is 0 Å². The zero-order valence-corrected chi connectivity index (χ0v) is 18.4. The summed E-state index contributed by atoms with van der Waals surface area (Å²) in [5.41, 5.74) is 1.48. The molecular formula is C22H19F4N7O. The number of nitrogens with zero attached hydrogens (tertiary/aromatic N) is 6. The van der Waals surface area contributed by atoms with Crippen LogP contribution in [0.15, 0.2) is 42.5 Å². The maximum absolute atomic E-state index is 14.3. The summed E-state index contributed by atoms with van der Waals surface area (Å²) in [5.74, 6) is -0.598. The zero-order valence-electron chi connectivity index (χ0n) is 18.4. The van der Waals surface area contributed by atoms with E-state index in [9.17, 15) is 22.4 Å². The van der Waals surface area contributed by atoms with E-state index < -0.39 is 23.5 Å². The molecule has 4 rings (SSSR count). The van der Waals surface area contributed by atoms with Crippen LogP contribution in [0.25, 0.3) is 11.4 Å². The fraction of sp³-hybridized carbons (Fsp3) is 0.227. The summed E-state index contributed by atoms with van der Waals surface area (Å²) in [7, 11) is 0. The van der Waals surface area contributed by atoms with Crippen molar-refractivity contribution in [1.29, 1.82) is 0 Å². The van der Waals surface area contributed by atoms with Gasteiger partial charge in [0.25, 0.3) is 0 Å². The standard InChI is InChI=1S/C22H19F4N7O/c1-12-18(13(2)32(29-12)17-6-4-5-15(9-17)22(24,25)26)11-21(34)27-16-7-8-19(23)20(10-16)33-14(3)28-30-31-33/h4-10H,11H2,1-3H3,(H,27,34). The summed E-state index contributed by atoms with van der Waals surface area (Å²) in [4.78, 5) is 12.7. The summed E-state index contributed by atoms with van der Waals surface area (Å²) < 4.78 is 56.1. The molecule has 2 heterocycles. The summed E-state index contributed by atoms with van der Waals surface area (Å²) in [6.45, 7) is 4.97. The van der Waals surface area contributed by atoms with Gasteiger partial charge in [-0.05, 0) is 67.6 Å². The molecule has 8 nitrogen and oxygen atoms in total. The molecule has 1 N–H and O–H groups in total. The predicted octanol–water partition coefficient (Wildman–Crippen LogP) is 4.11. The lowest BCUT2D eigenvalue weighted by Gasteiger charge is -2.11. The Kier molecular flexibility index (Phi) is 5.90. The van der Waals surface area contributed by atoms with Crippen molar-refractivity contribution in [2.45, 2.75) is 33.4 Å². The molecule has 4 aromatic rings. The van der Waals surface area contributed by atoms with E-state index in [2.05, 4.69) is 25.9 Å². The Labute approximate surface area is 191 Å². The number of alkyl halides is 3. The number of amides is 1. The summed E-state index contributed by atoms with van der Waals surface area (Å²) in [5, 5.41) is 18.0. The van der Waals surface area contributed by atoms with Crippen molar-refractivity contribution in [3.8, 4) is 11.4 Å². The van der Waals surface area contributed by atoms with Crippen LogP contribution in [0.3, 0.4) is 0 Å². The number of tetrazole rings is 1. The van der Waals surface area contributed by atoms with Crippen LogP contribution in [0, 0.1) is 26.6 Å². The van der Waals surface area contributed by atoms with Crippen LogP contribution in [0.4, 0.5) is 23.2 Å². The normalized spacial score (nSPS) is 11.6. The second kappa shape index (κ2) is 8.69. The van der Waals surface area contributed by atoms with Gasteiger partial charge in [-0.25, -0.2) is 9.07 Å². The van der Waals surface area contributed by atoms with Crippen molar-refractivity contribution in [3.05, 3.63) is 76.6 Å². The van der Waals surface area contributed by atoms with Gasteiger partial charge in [-0.3, -0.25) is 4.79 Å². The maximum atomic E-state index is 14.3. The molecule has 0 unspecified atom stereocenters. The van der Waals surface area contributed by atoms with Crippen molar-refractivity contribution < 1.29 is 22.4 Å². The van der Waals surface area contributed by atoms with Crippen LogP contribution in [0.1, 0.15) is 28.3 Å². The van der Waals surface area contributed by atoms with E-state index in [1.165, 1.54) is 39.7 Å². The van der Waals surface area contributed by atoms with E-state index in [0.717, 1.165) is 12.1 Å². The smallest absolute Gasteiger partial charge is 0.326 e. The monoisotopic (exact) mass is 473 g/mol. The molecule has 0 bridgehead atoms. The van der Waals surface area contributed by atoms with Crippen molar-refractivity contribution in [2.75, 3.05) is 5.32 Å². The lowest BCUT2D eigenvalue weighted by atomic mass is 10.1. The molecule has 0 saturated carbocycles. The second-order valence-electron chi connectivity index (χ2n) is 7.64. The summed E-state index contributed by atoms with van der Waals surface area (Å²) >= 11 is 0. The van der Waals surface area contributed by atoms with E-state index >= 15 is 0 Å². The highest BCUT2D eigenvalue weighted by molar-refractivity contribution is 5.92. The fourth-order valence-electron chi connectivity index (χ4n) is 3.57. The number of aromatic nitrogens is 6. The topological polar surface area (TPSA) is 90.5 Å². The van der Waals surface area contributed by atoms with Gasteiger partial charge in [0.1, 0.15) is 11.5 Å². The van der Waals surface area contributed by atoms with Crippen LogP contribution in [0.5, 0.6) is 0 Å². The van der Waals surface area contributed by atoms with E-state index in [1.54, 1.807) is 20.8 Å². The number of benzene rings is 2. The fourth-order valence-corrected chi connectivity index (χ4v) is 3.57. The molecule has 0 aliphatic heterocycles. The van der Waals surface area contributed by atoms with E-state index in [-0.39, 0.29) is 17.8 Å². The van der Waals surface area contributed by atoms with Gasteiger partial charge in [0.05, 0.1) is 23.4 Å². The Balaban J connectivity index is 1.56. The SMILES string of the molecule is Cc1nn(-c2cccc(C(F)(F)F)c2)c(C)c1CC(=O)Nc1ccc(F)c(-n2nnnc2C)c1. The molecule has 0 aliphatic rings. The van der Waals surface area contributed by atoms with Crippen molar-refractivity contribution >= 4 is 11.6 Å². The second-order valence-corrected chi connectivity index (χ2v) is 7.64. The molecule has 0 saturated heterocycles. The number of halogens is 4. The molecule has 0 radical (unpaired) electrons. The minimum absolute atomic E-state index is 0.0741. The Morgan fingerprint density at radius 1 is 1.06 bits per heavy atom. The van der Waals surface area contributed by atoms with Crippen molar-refractivity contribution in [1.82, 2.24) is 30.0 Å². The van der Waals surface area contributed by atoms with Gasteiger partial charge in [-0.15, -0.1) is 5.10 Å². The quantitative estimate of drug-likeness (QED) is 0.441. The number of hydrogen-bond donors (Lipinski definition) is 1. The first-order chi connectivity index (χ1) is 16.0. The third kappa shape index (κ3) is 4.51. The van der Waals surface area contributed by atoms with Crippen LogP contribution >= 0.6 is 0 Å². The molecule has 0 atom stereocenters. The average Bonchev–Trinajstić information content (AvgIpc) is 3.32. The van der Waals surface area contributed by atoms with Crippen LogP contribution in [-0.4, -0.2) is 35.9 Å². The zero-order chi connectivity index (χ0) is 24.6. The lowest BCUT2D eigenvalue weighted by molar-refractivity contribution is -0.137. The van der Waals surface area contributed by atoms with Gasteiger partial charge in [-0.2, -0.15) is 23.0 Å². The first-order valence-corrected chi connectivity index (χ1v) is 10.1. The third-order valence-corrected chi connectivity index (χ3v) is 5.28. The number of hydrogen-bond acceptors (Lipinski definition) is 5. The number of rotatable bonds is 5. The summed E-state index contributed by atoms with van der Waals surface area (Å²) in [6.07, 6.45) is -4.56. The van der Waals surface area contributed by atoms with Gasteiger partial charge >= 0.3 is 6.18 Å². The maximum Gasteiger partial charge on any atom is 0.416 e. The molecule has 176 valence electrons. The molecule has 2 aromatic heterocycles. The minimum Gasteiger partial charge on any atom is -0.326 e. The van der Waals surface area contributed by atoms with E-state index in [4.69, 9.17) is 0 Å². The molecule has 0 aliphatic carbocycles. The van der Waals surface area contributed by atoms with Crippen LogP contribution in [-0.2, 0) is 17.4 Å². The van der Waals surface area contributed by atoms with Gasteiger partial charge in [-0.1, -0.05) is 6.07 Å². The average molecular weight is 473 g/mol. The predicted molar refractivity (Wildman–Crippen MR) is 114 cm³/mol.